The van der Waals surface area contributed by atoms with Crippen molar-refractivity contribution in [3.8, 4) is 5.75 Å². The molecule has 0 unspecified atom stereocenters. The molecule has 0 aromatic heterocycles. The lowest BCUT2D eigenvalue weighted by Crippen LogP contribution is -2.10. The van der Waals surface area contributed by atoms with Crippen molar-refractivity contribution in [3.63, 3.8) is 0 Å². The van der Waals surface area contributed by atoms with Gasteiger partial charge >= 0.3 is 11.9 Å². The Morgan fingerprint density at radius 1 is 0.840 bits per heavy atom. The Kier molecular flexibility index (Phi) is 11.8. The van der Waals surface area contributed by atoms with Crippen LogP contribution in [0.5, 0.6) is 5.75 Å². The van der Waals surface area contributed by atoms with E-state index < -0.39 is 0 Å². The molecule has 0 radical (unpaired) electrons. The molecular formula is C20H29ClO4. The molecule has 0 fully saturated rings. The second-order valence-electron chi connectivity index (χ2n) is 6.12. The third-order valence-corrected chi connectivity index (χ3v) is 4.07. The van der Waals surface area contributed by atoms with Crippen LogP contribution in [-0.2, 0) is 14.3 Å². The number of hydrogen-bond acceptors (Lipinski definition) is 4. The molecular weight excluding hydrogens is 340 g/mol. The summed E-state index contributed by atoms with van der Waals surface area (Å²) in [6, 6.07) is 6.59. The van der Waals surface area contributed by atoms with Crippen molar-refractivity contribution >= 4 is 23.5 Å². The van der Waals surface area contributed by atoms with Gasteiger partial charge in [-0.2, -0.15) is 0 Å². The zero-order valence-corrected chi connectivity index (χ0v) is 15.9. The van der Waals surface area contributed by atoms with E-state index in [4.69, 9.17) is 21.1 Å². The monoisotopic (exact) mass is 368 g/mol. The molecule has 5 heteroatoms. The fourth-order valence-corrected chi connectivity index (χ4v) is 2.51. The van der Waals surface area contributed by atoms with Gasteiger partial charge in [0.2, 0.25) is 0 Å². The molecule has 1 rings (SSSR count). The molecule has 0 atom stereocenters. The quantitative estimate of drug-likeness (QED) is 0.254. The van der Waals surface area contributed by atoms with Crippen LogP contribution >= 0.6 is 11.6 Å². The maximum absolute atomic E-state index is 11.7. The van der Waals surface area contributed by atoms with Crippen molar-refractivity contribution in [3.05, 3.63) is 29.3 Å². The van der Waals surface area contributed by atoms with E-state index in [0.29, 0.717) is 23.8 Å². The second-order valence-corrected chi connectivity index (χ2v) is 6.56. The molecule has 1 aromatic rings. The van der Waals surface area contributed by atoms with Crippen LogP contribution in [0.25, 0.3) is 0 Å². The van der Waals surface area contributed by atoms with E-state index in [1.54, 1.807) is 24.3 Å². The number of rotatable bonds is 13. The lowest BCUT2D eigenvalue weighted by atomic mass is 10.1. The summed E-state index contributed by atoms with van der Waals surface area (Å²) in [5.74, 6) is -0.150. The molecule has 1 aromatic carbocycles. The van der Waals surface area contributed by atoms with Crippen LogP contribution in [0.2, 0.25) is 5.02 Å². The molecule has 0 saturated heterocycles. The van der Waals surface area contributed by atoms with Crippen LogP contribution in [-0.4, -0.2) is 18.5 Å². The van der Waals surface area contributed by atoms with Gasteiger partial charge in [-0.05, 0) is 37.1 Å². The van der Waals surface area contributed by atoms with Gasteiger partial charge in [0.1, 0.15) is 5.75 Å². The highest BCUT2D eigenvalue weighted by molar-refractivity contribution is 6.30. The Balaban J connectivity index is 1.99. The van der Waals surface area contributed by atoms with E-state index in [-0.39, 0.29) is 24.8 Å². The number of ether oxygens (including phenoxy) is 2. The number of carbonyl (C=O) groups excluding carboxylic acids is 2. The zero-order valence-electron chi connectivity index (χ0n) is 15.1. The summed E-state index contributed by atoms with van der Waals surface area (Å²) < 4.78 is 10.3. The normalized spacial score (nSPS) is 10.5. The zero-order chi connectivity index (χ0) is 18.3. The summed E-state index contributed by atoms with van der Waals surface area (Å²) in [5.41, 5.74) is 0. The first-order chi connectivity index (χ1) is 12.1. The smallest absolute Gasteiger partial charge is 0.311 e. The lowest BCUT2D eigenvalue weighted by molar-refractivity contribution is -0.144. The second kappa shape index (κ2) is 13.7. The fraction of sp³-hybridized carbons (Fsp3) is 0.600. The van der Waals surface area contributed by atoms with Crippen LogP contribution in [0.15, 0.2) is 24.3 Å². The molecule has 0 bridgehead atoms. The molecule has 0 aliphatic rings. The number of carbonyl (C=O) groups is 2. The van der Waals surface area contributed by atoms with Crippen molar-refractivity contribution in [2.75, 3.05) is 6.61 Å². The Morgan fingerprint density at radius 2 is 1.44 bits per heavy atom. The largest absolute Gasteiger partial charge is 0.466 e. The Hall–Kier alpha value is -1.55. The van der Waals surface area contributed by atoms with E-state index in [9.17, 15) is 9.59 Å². The molecule has 25 heavy (non-hydrogen) atoms. The lowest BCUT2D eigenvalue weighted by Gasteiger charge is -2.06. The van der Waals surface area contributed by atoms with Gasteiger partial charge in [-0.3, -0.25) is 9.59 Å². The summed E-state index contributed by atoms with van der Waals surface area (Å²) >= 11 is 5.76. The maximum Gasteiger partial charge on any atom is 0.311 e. The Bertz CT molecular complexity index is 499. The van der Waals surface area contributed by atoms with Gasteiger partial charge < -0.3 is 9.47 Å². The van der Waals surface area contributed by atoms with Crippen molar-refractivity contribution in [2.24, 2.45) is 0 Å². The van der Waals surface area contributed by atoms with Gasteiger partial charge in [-0.15, -0.1) is 0 Å². The summed E-state index contributed by atoms with van der Waals surface area (Å²) in [5, 5.41) is 0.587. The minimum Gasteiger partial charge on any atom is -0.466 e. The van der Waals surface area contributed by atoms with Gasteiger partial charge in [0, 0.05) is 17.9 Å². The van der Waals surface area contributed by atoms with E-state index in [1.165, 1.54) is 32.1 Å². The number of esters is 2. The van der Waals surface area contributed by atoms with Crippen LogP contribution in [0.4, 0.5) is 0 Å². The third kappa shape index (κ3) is 11.6. The van der Waals surface area contributed by atoms with Crippen molar-refractivity contribution in [1.29, 1.82) is 0 Å². The first-order valence-corrected chi connectivity index (χ1v) is 9.61. The molecule has 0 spiro atoms. The van der Waals surface area contributed by atoms with Crippen LogP contribution in [0, 0.1) is 0 Å². The van der Waals surface area contributed by atoms with Gasteiger partial charge in [-0.25, -0.2) is 0 Å². The Labute approximate surface area is 155 Å². The predicted octanol–water partition coefficient (Wildman–Crippen LogP) is 5.71. The minimum absolute atomic E-state index is 0.190. The van der Waals surface area contributed by atoms with E-state index in [0.717, 1.165) is 12.8 Å². The first-order valence-electron chi connectivity index (χ1n) is 9.23. The van der Waals surface area contributed by atoms with Crippen LogP contribution in [0.1, 0.15) is 71.1 Å². The number of halogens is 1. The summed E-state index contributed by atoms with van der Waals surface area (Å²) in [6.45, 7) is 2.68. The molecule has 0 aliphatic carbocycles. The van der Waals surface area contributed by atoms with E-state index in [1.807, 2.05) is 0 Å². The first kappa shape index (κ1) is 21.5. The van der Waals surface area contributed by atoms with Gasteiger partial charge in [-0.1, -0.05) is 57.0 Å². The van der Waals surface area contributed by atoms with Crippen molar-refractivity contribution in [1.82, 2.24) is 0 Å². The topological polar surface area (TPSA) is 52.6 Å². The molecule has 0 amide bonds. The highest BCUT2D eigenvalue weighted by atomic mass is 35.5. The molecule has 0 heterocycles. The van der Waals surface area contributed by atoms with Gasteiger partial charge in [0.15, 0.2) is 0 Å². The van der Waals surface area contributed by atoms with Crippen molar-refractivity contribution in [2.45, 2.75) is 71.1 Å². The molecule has 0 saturated carbocycles. The number of unbranched alkanes of at least 4 members (excludes halogenated alkanes) is 6. The highest BCUT2D eigenvalue weighted by Crippen LogP contribution is 2.16. The molecule has 4 nitrogen and oxygen atoms in total. The van der Waals surface area contributed by atoms with E-state index in [2.05, 4.69) is 6.92 Å². The number of hydrogen-bond donors (Lipinski definition) is 0. The molecule has 140 valence electrons. The Morgan fingerprint density at radius 3 is 2.12 bits per heavy atom. The number of benzene rings is 1. The minimum atomic E-state index is -0.359. The highest BCUT2D eigenvalue weighted by Gasteiger charge is 2.08. The van der Waals surface area contributed by atoms with Crippen LogP contribution < -0.4 is 4.74 Å². The SMILES string of the molecule is CCCCCCCCCOC(=O)CCCC(=O)Oc1ccc(Cl)cc1. The molecule has 0 aliphatic heterocycles. The fourth-order valence-electron chi connectivity index (χ4n) is 2.38. The van der Waals surface area contributed by atoms with Crippen molar-refractivity contribution < 1.29 is 19.1 Å². The summed E-state index contributed by atoms with van der Waals surface area (Å²) in [6.07, 6.45) is 9.19. The van der Waals surface area contributed by atoms with Gasteiger partial charge in [0.25, 0.3) is 0 Å². The van der Waals surface area contributed by atoms with Gasteiger partial charge in [0.05, 0.1) is 6.61 Å². The summed E-state index contributed by atoms with van der Waals surface area (Å²) in [4.78, 5) is 23.3. The predicted molar refractivity (Wildman–Crippen MR) is 99.9 cm³/mol. The average molecular weight is 369 g/mol. The standard InChI is InChI=1S/C20H29ClO4/c1-2-3-4-5-6-7-8-16-24-19(22)10-9-11-20(23)25-18-14-12-17(21)13-15-18/h12-15H,2-11,16H2,1H3. The maximum atomic E-state index is 11.7. The molecule has 0 N–H and O–H groups in total. The van der Waals surface area contributed by atoms with E-state index >= 15 is 0 Å². The third-order valence-electron chi connectivity index (χ3n) is 3.82. The average Bonchev–Trinajstić information content (AvgIpc) is 2.59. The van der Waals surface area contributed by atoms with Crippen LogP contribution in [0.3, 0.4) is 0 Å². The summed E-state index contributed by atoms with van der Waals surface area (Å²) in [7, 11) is 0.